The lowest BCUT2D eigenvalue weighted by Crippen LogP contribution is -2.25. The number of nitrogens with one attached hydrogen (secondary N) is 2. The van der Waals surface area contributed by atoms with Gasteiger partial charge in [-0.3, -0.25) is 19.7 Å². The van der Waals surface area contributed by atoms with E-state index in [1.807, 2.05) is 13.8 Å². The van der Waals surface area contributed by atoms with E-state index in [1.165, 1.54) is 26.4 Å². The van der Waals surface area contributed by atoms with E-state index in [2.05, 4.69) is 10.6 Å². The molecule has 0 bridgehead atoms. The number of para-hydroxylation sites is 4. The largest absolute Gasteiger partial charge is 0.495 e. The molecular weight excluding hydrogens is 462 g/mol. The van der Waals surface area contributed by atoms with Crippen molar-refractivity contribution in [3.63, 3.8) is 0 Å². The third-order valence-corrected chi connectivity index (χ3v) is 5.38. The highest BCUT2D eigenvalue weighted by molar-refractivity contribution is 6.29. The lowest BCUT2D eigenvalue weighted by atomic mass is 9.98. The Morgan fingerprint density at radius 3 is 1.81 bits per heavy atom. The van der Waals surface area contributed by atoms with Crippen LogP contribution in [0.4, 0.5) is 17.1 Å². The number of carbonyl (C=O) groups is 2. The molecule has 3 aromatic carbocycles. The summed E-state index contributed by atoms with van der Waals surface area (Å²) in [4.78, 5) is 37.8. The van der Waals surface area contributed by atoms with Crippen LogP contribution in [0.2, 0.25) is 0 Å². The van der Waals surface area contributed by atoms with E-state index in [0.29, 0.717) is 34.0 Å². The summed E-state index contributed by atoms with van der Waals surface area (Å²) in [5.74, 6) is -0.699. The molecule has 0 heterocycles. The van der Waals surface area contributed by atoms with Crippen molar-refractivity contribution in [2.24, 2.45) is 0 Å². The summed E-state index contributed by atoms with van der Waals surface area (Å²) in [6.07, 6.45) is 1.31. The van der Waals surface area contributed by atoms with E-state index >= 15 is 0 Å². The number of nitro benzene ring substituents is 1. The molecule has 0 radical (unpaired) electrons. The molecular formula is C27H27N3O6. The van der Waals surface area contributed by atoms with Crippen molar-refractivity contribution in [2.45, 2.75) is 19.8 Å². The number of rotatable bonds is 9. The van der Waals surface area contributed by atoms with E-state index in [0.717, 1.165) is 0 Å². The van der Waals surface area contributed by atoms with E-state index in [9.17, 15) is 19.7 Å². The second kappa shape index (κ2) is 11.7. The Labute approximate surface area is 208 Å². The van der Waals surface area contributed by atoms with Crippen LogP contribution in [-0.4, -0.2) is 31.0 Å². The van der Waals surface area contributed by atoms with Gasteiger partial charge < -0.3 is 20.1 Å². The van der Waals surface area contributed by atoms with Crippen LogP contribution in [0.25, 0.3) is 6.08 Å². The summed E-state index contributed by atoms with van der Waals surface area (Å²) < 4.78 is 10.6. The molecule has 3 rings (SSSR count). The van der Waals surface area contributed by atoms with Gasteiger partial charge in [0.05, 0.1) is 30.5 Å². The molecule has 0 atom stereocenters. The fourth-order valence-corrected chi connectivity index (χ4v) is 3.57. The van der Waals surface area contributed by atoms with Crippen LogP contribution >= 0.6 is 0 Å². The summed E-state index contributed by atoms with van der Waals surface area (Å²) in [5, 5.41) is 17.0. The summed E-state index contributed by atoms with van der Waals surface area (Å²) in [6.45, 7) is 3.70. The molecule has 2 N–H and O–H groups in total. The molecule has 0 aromatic heterocycles. The van der Waals surface area contributed by atoms with Gasteiger partial charge in [-0.25, -0.2) is 0 Å². The lowest BCUT2D eigenvalue weighted by Gasteiger charge is -2.14. The number of hydrogen-bond donors (Lipinski definition) is 2. The van der Waals surface area contributed by atoms with Gasteiger partial charge in [-0.05, 0) is 41.8 Å². The molecule has 9 nitrogen and oxygen atoms in total. The first-order chi connectivity index (χ1) is 17.2. The molecule has 0 fully saturated rings. The van der Waals surface area contributed by atoms with Crippen LogP contribution in [-0.2, 0) is 9.59 Å². The number of benzene rings is 3. The molecule has 0 aliphatic rings. The predicted octanol–water partition coefficient (Wildman–Crippen LogP) is 5.40. The van der Waals surface area contributed by atoms with Gasteiger partial charge in [0.1, 0.15) is 17.1 Å². The van der Waals surface area contributed by atoms with Crippen molar-refractivity contribution in [1.29, 1.82) is 0 Å². The zero-order chi connectivity index (χ0) is 26.2. The first-order valence-corrected chi connectivity index (χ1v) is 11.1. The van der Waals surface area contributed by atoms with E-state index in [4.69, 9.17) is 9.47 Å². The summed E-state index contributed by atoms with van der Waals surface area (Å²) in [6, 6.07) is 18.1. The Bertz CT molecular complexity index is 1250. The molecule has 2 amide bonds. The highest BCUT2D eigenvalue weighted by Crippen LogP contribution is 2.29. The fraction of sp³-hybridized carbons (Fsp3) is 0.185. The van der Waals surface area contributed by atoms with Crippen molar-refractivity contribution in [3.8, 4) is 11.5 Å². The van der Waals surface area contributed by atoms with Crippen molar-refractivity contribution in [2.75, 3.05) is 24.9 Å². The average Bonchev–Trinajstić information content (AvgIpc) is 2.87. The second-order valence-corrected chi connectivity index (χ2v) is 8.10. The van der Waals surface area contributed by atoms with E-state index < -0.39 is 16.7 Å². The van der Waals surface area contributed by atoms with Gasteiger partial charge in [0.25, 0.3) is 17.5 Å². The first-order valence-electron chi connectivity index (χ1n) is 11.1. The van der Waals surface area contributed by atoms with Crippen LogP contribution < -0.4 is 20.1 Å². The molecule has 0 unspecified atom stereocenters. The smallest absolute Gasteiger partial charge is 0.273 e. The summed E-state index contributed by atoms with van der Waals surface area (Å²) >= 11 is 0. The van der Waals surface area contributed by atoms with Crippen molar-refractivity contribution in [3.05, 3.63) is 93.5 Å². The third-order valence-electron chi connectivity index (χ3n) is 5.38. The normalized spacial score (nSPS) is 10.4. The average molecular weight is 490 g/mol. The number of methoxy groups -OCH3 is 2. The second-order valence-electron chi connectivity index (χ2n) is 8.10. The number of nitro groups is 1. The Balaban J connectivity index is 2.06. The SMILES string of the molecule is COc1ccccc1NC(=O)C(=Cc1ccc(C(C)C)c([N+](=O)[O-])c1)C(=O)Nc1ccccc1OC. The van der Waals surface area contributed by atoms with Gasteiger partial charge in [0, 0.05) is 11.6 Å². The Kier molecular flexibility index (Phi) is 8.40. The molecule has 0 spiro atoms. The quantitative estimate of drug-likeness (QED) is 0.137. The van der Waals surface area contributed by atoms with Crippen LogP contribution in [0.5, 0.6) is 11.5 Å². The number of hydrogen-bond acceptors (Lipinski definition) is 6. The van der Waals surface area contributed by atoms with Gasteiger partial charge in [-0.1, -0.05) is 50.2 Å². The van der Waals surface area contributed by atoms with Crippen LogP contribution in [0.15, 0.2) is 72.3 Å². The van der Waals surface area contributed by atoms with Gasteiger partial charge >= 0.3 is 0 Å². The Morgan fingerprint density at radius 2 is 1.36 bits per heavy atom. The van der Waals surface area contributed by atoms with E-state index in [-0.39, 0.29) is 17.2 Å². The molecule has 3 aromatic rings. The monoisotopic (exact) mass is 489 g/mol. The third kappa shape index (κ3) is 6.06. The minimum Gasteiger partial charge on any atom is -0.495 e. The summed E-state index contributed by atoms with van der Waals surface area (Å²) in [7, 11) is 2.93. The minimum atomic E-state index is -0.720. The highest BCUT2D eigenvalue weighted by Gasteiger charge is 2.23. The van der Waals surface area contributed by atoms with Gasteiger partial charge in [-0.2, -0.15) is 0 Å². The van der Waals surface area contributed by atoms with Gasteiger partial charge in [-0.15, -0.1) is 0 Å². The van der Waals surface area contributed by atoms with Gasteiger partial charge in [0.2, 0.25) is 0 Å². The Hall–Kier alpha value is -4.66. The topological polar surface area (TPSA) is 120 Å². The number of anilines is 2. The van der Waals surface area contributed by atoms with Crippen LogP contribution in [0.1, 0.15) is 30.9 Å². The van der Waals surface area contributed by atoms with Crippen molar-refractivity contribution in [1.82, 2.24) is 0 Å². The van der Waals surface area contributed by atoms with Crippen LogP contribution in [0, 0.1) is 10.1 Å². The number of carbonyl (C=O) groups excluding carboxylic acids is 2. The maximum absolute atomic E-state index is 13.3. The molecule has 9 heteroatoms. The highest BCUT2D eigenvalue weighted by atomic mass is 16.6. The molecule has 186 valence electrons. The maximum atomic E-state index is 13.3. The standard InChI is InChI=1S/C27H27N3O6/c1-17(2)19-14-13-18(16-23(19)30(33)34)15-20(26(31)28-21-9-5-7-11-24(21)35-3)27(32)29-22-10-6-8-12-25(22)36-4/h5-17H,1-4H3,(H,28,31)(H,29,32). The number of ether oxygens (including phenoxy) is 2. The van der Waals surface area contributed by atoms with Crippen LogP contribution in [0.3, 0.4) is 0 Å². The molecule has 0 aliphatic heterocycles. The Morgan fingerprint density at radius 1 is 0.861 bits per heavy atom. The summed E-state index contributed by atoms with van der Waals surface area (Å²) in [5.41, 5.74) is 1.25. The predicted molar refractivity (Wildman–Crippen MR) is 138 cm³/mol. The molecule has 36 heavy (non-hydrogen) atoms. The molecule has 0 saturated carbocycles. The zero-order valence-electron chi connectivity index (χ0n) is 20.4. The van der Waals surface area contributed by atoms with E-state index in [1.54, 1.807) is 60.7 Å². The van der Waals surface area contributed by atoms with Crippen molar-refractivity contribution < 1.29 is 24.0 Å². The van der Waals surface area contributed by atoms with Crippen molar-refractivity contribution >= 4 is 35.0 Å². The molecule has 0 saturated heterocycles. The van der Waals surface area contributed by atoms with Gasteiger partial charge in [0.15, 0.2) is 0 Å². The first kappa shape index (κ1) is 26.0. The maximum Gasteiger partial charge on any atom is 0.273 e. The number of amides is 2. The number of nitrogens with zero attached hydrogens (tertiary/aromatic N) is 1. The zero-order valence-corrected chi connectivity index (χ0v) is 20.4. The fourth-order valence-electron chi connectivity index (χ4n) is 3.57. The lowest BCUT2D eigenvalue weighted by molar-refractivity contribution is -0.385. The minimum absolute atomic E-state index is 0.0782. The molecule has 0 aliphatic carbocycles.